The highest BCUT2D eigenvalue weighted by Crippen LogP contribution is 2.16. The molecule has 0 saturated carbocycles. The number of hydrogen-bond donors (Lipinski definition) is 0. The summed E-state index contributed by atoms with van der Waals surface area (Å²) in [6, 6.07) is 11.3. The van der Waals surface area contributed by atoms with Crippen LogP contribution in [0.15, 0.2) is 48.7 Å². The van der Waals surface area contributed by atoms with Crippen molar-refractivity contribution < 1.29 is 18.3 Å². The van der Waals surface area contributed by atoms with Crippen LogP contribution < -0.4 is 4.74 Å². The Bertz CT molecular complexity index is 588. The van der Waals surface area contributed by atoms with Crippen LogP contribution in [0.2, 0.25) is 0 Å². The van der Waals surface area contributed by atoms with Crippen molar-refractivity contribution in [2.24, 2.45) is 0 Å². The summed E-state index contributed by atoms with van der Waals surface area (Å²) in [4.78, 5) is 17.6. The molecule has 0 atom stereocenters. The van der Waals surface area contributed by atoms with Gasteiger partial charge in [-0.2, -0.15) is 8.78 Å². The summed E-state index contributed by atoms with van der Waals surface area (Å²) >= 11 is 0. The van der Waals surface area contributed by atoms with Crippen LogP contribution in [0.5, 0.6) is 5.75 Å². The highest BCUT2D eigenvalue weighted by Gasteiger charge is 2.13. The van der Waals surface area contributed by atoms with E-state index < -0.39 is 6.61 Å². The van der Waals surface area contributed by atoms with Crippen molar-refractivity contribution in [3.05, 3.63) is 59.9 Å². The molecule has 0 aliphatic carbocycles. The quantitative estimate of drug-likeness (QED) is 0.851. The van der Waals surface area contributed by atoms with Gasteiger partial charge in [0.25, 0.3) is 5.91 Å². The molecule has 2 aromatic rings. The number of alkyl halides is 2. The zero-order valence-corrected chi connectivity index (χ0v) is 11.4. The minimum atomic E-state index is -2.84. The summed E-state index contributed by atoms with van der Waals surface area (Å²) in [5.41, 5.74) is 1.17. The third kappa shape index (κ3) is 4.24. The fourth-order valence-electron chi connectivity index (χ4n) is 1.81. The summed E-state index contributed by atoms with van der Waals surface area (Å²) in [5.74, 6) is -0.115. The predicted molar refractivity (Wildman–Crippen MR) is 73.1 cm³/mol. The maximum absolute atomic E-state index is 12.1. The third-order valence-electron chi connectivity index (χ3n) is 2.80. The first-order valence-corrected chi connectivity index (χ1v) is 6.26. The summed E-state index contributed by atoms with van der Waals surface area (Å²) in [5, 5.41) is 0. The lowest BCUT2D eigenvalue weighted by Crippen LogP contribution is -2.26. The van der Waals surface area contributed by atoms with E-state index in [2.05, 4.69) is 9.72 Å². The van der Waals surface area contributed by atoms with Crippen LogP contribution in [0.3, 0.4) is 0 Å². The topological polar surface area (TPSA) is 42.4 Å². The fourth-order valence-corrected chi connectivity index (χ4v) is 1.81. The molecule has 1 aromatic heterocycles. The first-order valence-electron chi connectivity index (χ1n) is 6.26. The van der Waals surface area contributed by atoms with Crippen LogP contribution in [0.25, 0.3) is 0 Å². The van der Waals surface area contributed by atoms with Crippen molar-refractivity contribution in [2.45, 2.75) is 13.2 Å². The van der Waals surface area contributed by atoms with Crippen LogP contribution in [0.4, 0.5) is 8.78 Å². The lowest BCUT2D eigenvalue weighted by atomic mass is 10.2. The Morgan fingerprint density at radius 3 is 2.52 bits per heavy atom. The molecule has 21 heavy (non-hydrogen) atoms. The lowest BCUT2D eigenvalue weighted by molar-refractivity contribution is -0.0498. The molecule has 0 saturated heterocycles. The number of ether oxygens (including phenoxy) is 1. The van der Waals surface area contributed by atoms with Gasteiger partial charge in [-0.25, -0.2) is 0 Å². The number of benzene rings is 1. The number of aromatic nitrogens is 1. The van der Waals surface area contributed by atoms with Crippen molar-refractivity contribution in [1.29, 1.82) is 0 Å². The predicted octanol–water partition coefficient (Wildman–Crippen LogP) is 2.96. The normalized spacial score (nSPS) is 10.5. The van der Waals surface area contributed by atoms with Gasteiger partial charge in [0.1, 0.15) is 11.4 Å². The van der Waals surface area contributed by atoms with Gasteiger partial charge in [0, 0.05) is 19.8 Å². The van der Waals surface area contributed by atoms with E-state index in [1.165, 1.54) is 17.0 Å². The van der Waals surface area contributed by atoms with Gasteiger partial charge in [-0.05, 0) is 29.8 Å². The standard InChI is InChI=1S/C15H14F2N2O2/c1-19(14(20)13-4-2-3-9-18-13)10-11-5-7-12(8-6-11)21-15(16)17/h2-9,15H,10H2,1H3. The molecule has 0 N–H and O–H groups in total. The number of carbonyl (C=O) groups is 1. The summed E-state index contributed by atoms with van der Waals surface area (Å²) in [6.45, 7) is -2.49. The van der Waals surface area contributed by atoms with Crippen molar-refractivity contribution in [2.75, 3.05) is 7.05 Å². The number of pyridine rings is 1. The van der Waals surface area contributed by atoms with Gasteiger partial charge < -0.3 is 9.64 Å². The van der Waals surface area contributed by atoms with E-state index >= 15 is 0 Å². The Morgan fingerprint density at radius 1 is 1.24 bits per heavy atom. The maximum atomic E-state index is 12.1. The number of halogens is 2. The molecule has 4 nitrogen and oxygen atoms in total. The van der Waals surface area contributed by atoms with Crippen LogP contribution in [0.1, 0.15) is 16.1 Å². The molecule has 0 aliphatic rings. The third-order valence-corrected chi connectivity index (χ3v) is 2.80. The summed E-state index contributed by atoms with van der Waals surface area (Å²) in [6.07, 6.45) is 1.55. The maximum Gasteiger partial charge on any atom is 0.387 e. The van der Waals surface area contributed by atoms with E-state index in [4.69, 9.17) is 0 Å². The molecule has 1 heterocycles. The highest BCUT2D eigenvalue weighted by molar-refractivity contribution is 5.91. The smallest absolute Gasteiger partial charge is 0.387 e. The van der Waals surface area contributed by atoms with E-state index in [0.29, 0.717) is 12.2 Å². The Hall–Kier alpha value is -2.50. The Kier molecular flexibility index (Phi) is 4.81. The second-order valence-corrected chi connectivity index (χ2v) is 4.40. The molecular weight excluding hydrogens is 278 g/mol. The minimum Gasteiger partial charge on any atom is -0.435 e. The van der Waals surface area contributed by atoms with Crippen molar-refractivity contribution in [3.8, 4) is 5.75 Å². The average Bonchev–Trinajstić information content (AvgIpc) is 2.49. The van der Waals surface area contributed by atoms with Gasteiger partial charge >= 0.3 is 6.61 Å². The van der Waals surface area contributed by atoms with Gasteiger partial charge in [-0.15, -0.1) is 0 Å². The number of rotatable bonds is 5. The second-order valence-electron chi connectivity index (χ2n) is 4.40. The van der Waals surface area contributed by atoms with Gasteiger partial charge in [0.2, 0.25) is 0 Å². The molecule has 110 valence electrons. The van der Waals surface area contributed by atoms with Crippen LogP contribution in [-0.2, 0) is 6.54 Å². The van der Waals surface area contributed by atoms with E-state index in [9.17, 15) is 13.6 Å². The molecule has 1 amide bonds. The second kappa shape index (κ2) is 6.78. The zero-order valence-electron chi connectivity index (χ0n) is 11.4. The van der Waals surface area contributed by atoms with E-state index in [0.717, 1.165) is 5.56 Å². The zero-order chi connectivity index (χ0) is 15.2. The number of amides is 1. The van der Waals surface area contributed by atoms with Crippen LogP contribution in [0, 0.1) is 0 Å². The van der Waals surface area contributed by atoms with Crippen molar-refractivity contribution >= 4 is 5.91 Å². The Morgan fingerprint density at radius 2 is 1.95 bits per heavy atom. The molecule has 1 aromatic carbocycles. The fraction of sp³-hybridized carbons (Fsp3) is 0.200. The summed E-state index contributed by atoms with van der Waals surface area (Å²) in [7, 11) is 1.65. The number of hydrogen-bond acceptors (Lipinski definition) is 3. The monoisotopic (exact) mass is 292 g/mol. The number of carbonyl (C=O) groups excluding carboxylic acids is 1. The number of nitrogens with zero attached hydrogens (tertiary/aromatic N) is 2. The molecule has 2 rings (SSSR count). The van der Waals surface area contributed by atoms with E-state index in [1.807, 2.05) is 0 Å². The molecule has 6 heteroatoms. The van der Waals surface area contributed by atoms with E-state index in [-0.39, 0.29) is 11.7 Å². The van der Waals surface area contributed by atoms with Gasteiger partial charge in [-0.3, -0.25) is 9.78 Å². The molecule has 0 unspecified atom stereocenters. The minimum absolute atomic E-state index is 0.0902. The highest BCUT2D eigenvalue weighted by atomic mass is 19.3. The first-order chi connectivity index (χ1) is 10.1. The average molecular weight is 292 g/mol. The lowest BCUT2D eigenvalue weighted by Gasteiger charge is -2.17. The Labute approximate surface area is 121 Å². The molecule has 0 bridgehead atoms. The molecule has 0 radical (unpaired) electrons. The molecular formula is C15H14F2N2O2. The Balaban J connectivity index is 1.99. The SMILES string of the molecule is CN(Cc1ccc(OC(F)F)cc1)C(=O)c1ccccn1. The first kappa shape index (κ1) is 14.9. The largest absolute Gasteiger partial charge is 0.435 e. The van der Waals surface area contributed by atoms with E-state index in [1.54, 1.807) is 43.6 Å². The van der Waals surface area contributed by atoms with Crippen molar-refractivity contribution in [3.63, 3.8) is 0 Å². The van der Waals surface area contributed by atoms with Gasteiger partial charge in [0.15, 0.2) is 0 Å². The van der Waals surface area contributed by atoms with Crippen LogP contribution in [-0.4, -0.2) is 29.5 Å². The van der Waals surface area contributed by atoms with Gasteiger partial charge in [0.05, 0.1) is 0 Å². The van der Waals surface area contributed by atoms with Gasteiger partial charge in [-0.1, -0.05) is 18.2 Å². The van der Waals surface area contributed by atoms with Crippen LogP contribution >= 0.6 is 0 Å². The molecule has 0 fully saturated rings. The molecule has 0 aliphatic heterocycles. The summed E-state index contributed by atoms with van der Waals surface area (Å²) < 4.78 is 28.4. The van der Waals surface area contributed by atoms with Crippen molar-refractivity contribution in [1.82, 2.24) is 9.88 Å². The molecule has 0 spiro atoms.